The summed E-state index contributed by atoms with van der Waals surface area (Å²) in [5.74, 6) is -1.19. The molecule has 1 amide bonds. The molecule has 1 aromatic heterocycles. The van der Waals surface area contributed by atoms with Crippen molar-refractivity contribution in [3.05, 3.63) is 70.6 Å². The number of carbonyl (C=O) groups excluding carboxylic acids is 1. The number of thiazole rings is 1. The Bertz CT molecular complexity index is 919. The van der Waals surface area contributed by atoms with Crippen molar-refractivity contribution in [1.29, 1.82) is 0 Å². The minimum atomic E-state index is -0.933. The van der Waals surface area contributed by atoms with Crippen molar-refractivity contribution in [3.8, 4) is 11.3 Å². The largest absolute Gasteiger partial charge is 0.481 e. The molecule has 3 aromatic rings. The van der Waals surface area contributed by atoms with Crippen LogP contribution >= 0.6 is 11.3 Å². The lowest BCUT2D eigenvalue weighted by molar-refractivity contribution is -0.136. The Morgan fingerprint density at radius 1 is 1.08 bits per heavy atom. The number of hydrogen-bond donors (Lipinski definition) is 2. The van der Waals surface area contributed by atoms with E-state index in [0.29, 0.717) is 21.3 Å². The van der Waals surface area contributed by atoms with Gasteiger partial charge in [-0.25, -0.2) is 4.98 Å². The Balaban J connectivity index is 1.92. The van der Waals surface area contributed by atoms with Crippen LogP contribution in [0.3, 0.4) is 0 Å². The van der Waals surface area contributed by atoms with Gasteiger partial charge in [0, 0.05) is 16.0 Å². The van der Waals surface area contributed by atoms with Crippen molar-refractivity contribution < 1.29 is 14.7 Å². The van der Waals surface area contributed by atoms with Gasteiger partial charge in [-0.2, -0.15) is 0 Å². The second kappa shape index (κ2) is 7.27. The standard InChI is InChI=1S/C19H16N2O3S/c1-12-7-5-6-10-14(12)18(24)21-19-20-17(13-8-3-2-4-9-13)15(25-19)11-16(22)23/h2-10H,11H2,1H3,(H,22,23)(H,20,21,24). The molecule has 0 bridgehead atoms. The minimum Gasteiger partial charge on any atom is -0.481 e. The molecule has 25 heavy (non-hydrogen) atoms. The van der Waals surface area contributed by atoms with E-state index >= 15 is 0 Å². The first-order valence-corrected chi connectivity index (χ1v) is 8.50. The Labute approximate surface area is 149 Å². The van der Waals surface area contributed by atoms with E-state index < -0.39 is 5.97 Å². The molecule has 0 aliphatic rings. The summed E-state index contributed by atoms with van der Waals surface area (Å²) in [7, 11) is 0. The number of benzene rings is 2. The highest BCUT2D eigenvalue weighted by Crippen LogP contribution is 2.32. The van der Waals surface area contributed by atoms with Gasteiger partial charge < -0.3 is 5.11 Å². The molecule has 0 atom stereocenters. The van der Waals surface area contributed by atoms with Gasteiger partial charge in [0.05, 0.1) is 12.1 Å². The highest BCUT2D eigenvalue weighted by Gasteiger charge is 2.18. The van der Waals surface area contributed by atoms with Crippen molar-refractivity contribution >= 4 is 28.3 Å². The molecule has 0 unspecified atom stereocenters. The number of carbonyl (C=O) groups is 2. The number of aliphatic carboxylic acids is 1. The Morgan fingerprint density at radius 2 is 1.76 bits per heavy atom. The van der Waals surface area contributed by atoms with Crippen molar-refractivity contribution in [2.75, 3.05) is 5.32 Å². The summed E-state index contributed by atoms with van der Waals surface area (Å²) >= 11 is 1.19. The fourth-order valence-electron chi connectivity index (χ4n) is 2.48. The summed E-state index contributed by atoms with van der Waals surface area (Å²) in [6.07, 6.45) is -0.137. The lowest BCUT2D eigenvalue weighted by Gasteiger charge is -2.04. The topological polar surface area (TPSA) is 79.3 Å². The summed E-state index contributed by atoms with van der Waals surface area (Å²) in [4.78, 5) is 28.7. The first-order chi connectivity index (χ1) is 12.0. The third-order valence-electron chi connectivity index (χ3n) is 3.67. The first kappa shape index (κ1) is 16.9. The van der Waals surface area contributed by atoms with E-state index in [2.05, 4.69) is 10.3 Å². The molecule has 0 saturated carbocycles. The van der Waals surface area contributed by atoms with Gasteiger partial charge in [0.15, 0.2) is 5.13 Å². The molecule has 2 N–H and O–H groups in total. The Morgan fingerprint density at radius 3 is 2.44 bits per heavy atom. The zero-order valence-corrected chi connectivity index (χ0v) is 14.3. The van der Waals surface area contributed by atoms with Crippen LogP contribution in [-0.2, 0) is 11.2 Å². The van der Waals surface area contributed by atoms with Crippen molar-refractivity contribution in [2.24, 2.45) is 0 Å². The highest BCUT2D eigenvalue weighted by molar-refractivity contribution is 7.16. The van der Waals surface area contributed by atoms with Gasteiger partial charge in [-0.15, -0.1) is 11.3 Å². The van der Waals surface area contributed by atoms with Crippen LogP contribution in [0.15, 0.2) is 54.6 Å². The third-order valence-corrected chi connectivity index (χ3v) is 4.64. The molecule has 0 fully saturated rings. The number of carboxylic acids is 1. The Kier molecular flexibility index (Phi) is 4.90. The molecule has 0 aliphatic carbocycles. The second-order valence-electron chi connectivity index (χ2n) is 5.50. The SMILES string of the molecule is Cc1ccccc1C(=O)Nc1nc(-c2ccccc2)c(CC(=O)O)s1. The zero-order valence-electron chi connectivity index (χ0n) is 13.5. The van der Waals surface area contributed by atoms with E-state index in [1.165, 1.54) is 11.3 Å². The number of hydrogen-bond acceptors (Lipinski definition) is 4. The van der Waals surface area contributed by atoms with E-state index in [0.717, 1.165) is 11.1 Å². The fraction of sp³-hybridized carbons (Fsp3) is 0.105. The molecular formula is C19H16N2O3S. The summed E-state index contributed by atoms with van der Waals surface area (Å²) in [6, 6.07) is 16.6. The maximum atomic E-state index is 12.5. The number of rotatable bonds is 5. The molecule has 3 rings (SSSR count). The van der Waals surface area contributed by atoms with Crippen LogP contribution in [0.2, 0.25) is 0 Å². The van der Waals surface area contributed by atoms with Crippen molar-refractivity contribution in [2.45, 2.75) is 13.3 Å². The van der Waals surface area contributed by atoms with Crippen LogP contribution in [0.5, 0.6) is 0 Å². The van der Waals surface area contributed by atoms with Gasteiger partial charge in [-0.05, 0) is 18.6 Å². The minimum absolute atomic E-state index is 0.137. The molecule has 6 heteroatoms. The van der Waals surface area contributed by atoms with Crippen LogP contribution in [0.1, 0.15) is 20.8 Å². The molecule has 2 aromatic carbocycles. The smallest absolute Gasteiger partial charge is 0.308 e. The molecule has 0 saturated heterocycles. The van der Waals surface area contributed by atoms with Crippen LogP contribution in [0.4, 0.5) is 5.13 Å². The number of carboxylic acid groups (broad SMARTS) is 1. The van der Waals surface area contributed by atoms with E-state index in [1.807, 2.05) is 49.4 Å². The summed E-state index contributed by atoms with van der Waals surface area (Å²) in [5.41, 5.74) is 2.85. The van der Waals surface area contributed by atoms with Gasteiger partial charge in [-0.1, -0.05) is 48.5 Å². The molecule has 1 heterocycles. The number of amides is 1. The fourth-order valence-corrected chi connectivity index (χ4v) is 3.45. The first-order valence-electron chi connectivity index (χ1n) is 7.68. The third kappa shape index (κ3) is 3.92. The summed E-state index contributed by atoms with van der Waals surface area (Å²) < 4.78 is 0. The number of aromatic nitrogens is 1. The van der Waals surface area contributed by atoms with Crippen molar-refractivity contribution in [3.63, 3.8) is 0 Å². The van der Waals surface area contributed by atoms with Crippen LogP contribution < -0.4 is 5.32 Å². The summed E-state index contributed by atoms with van der Waals surface area (Å²) in [6.45, 7) is 1.86. The predicted octanol–water partition coefficient (Wildman–Crippen LogP) is 4.00. The molecule has 0 radical (unpaired) electrons. The average Bonchev–Trinajstić information content (AvgIpc) is 2.97. The lowest BCUT2D eigenvalue weighted by Crippen LogP contribution is -2.12. The van der Waals surface area contributed by atoms with Gasteiger partial charge >= 0.3 is 5.97 Å². The number of nitrogens with zero attached hydrogens (tertiary/aromatic N) is 1. The molecular weight excluding hydrogens is 336 g/mol. The van der Waals surface area contributed by atoms with Gasteiger partial charge in [-0.3, -0.25) is 14.9 Å². The van der Waals surface area contributed by atoms with Crippen LogP contribution in [-0.4, -0.2) is 22.0 Å². The normalized spacial score (nSPS) is 10.4. The maximum Gasteiger partial charge on any atom is 0.308 e. The van der Waals surface area contributed by atoms with Crippen molar-refractivity contribution in [1.82, 2.24) is 4.98 Å². The molecule has 0 spiro atoms. The van der Waals surface area contributed by atoms with E-state index in [1.54, 1.807) is 12.1 Å². The second-order valence-corrected chi connectivity index (χ2v) is 6.58. The van der Waals surface area contributed by atoms with Crippen LogP contribution in [0.25, 0.3) is 11.3 Å². The molecule has 0 aliphatic heterocycles. The van der Waals surface area contributed by atoms with E-state index in [4.69, 9.17) is 5.11 Å². The quantitative estimate of drug-likeness (QED) is 0.727. The van der Waals surface area contributed by atoms with Gasteiger partial charge in [0.1, 0.15) is 0 Å². The van der Waals surface area contributed by atoms with E-state index in [-0.39, 0.29) is 12.3 Å². The van der Waals surface area contributed by atoms with Gasteiger partial charge in [0.25, 0.3) is 5.91 Å². The Hall–Kier alpha value is -2.99. The average molecular weight is 352 g/mol. The maximum absolute atomic E-state index is 12.5. The lowest BCUT2D eigenvalue weighted by atomic mass is 10.1. The highest BCUT2D eigenvalue weighted by atomic mass is 32.1. The zero-order chi connectivity index (χ0) is 17.8. The molecule has 126 valence electrons. The molecule has 5 nitrogen and oxygen atoms in total. The summed E-state index contributed by atoms with van der Waals surface area (Å²) in [5, 5.41) is 12.3. The van der Waals surface area contributed by atoms with Gasteiger partial charge in [0.2, 0.25) is 0 Å². The monoisotopic (exact) mass is 352 g/mol. The number of aryl methyl sites for hydroxylation is 1. The van der Waals surface area contributed by atoms with Crippen LogP contribution in [0, 0.1) is 6.92 Å². The predicted molar refractivity (Wildman–Crippen MR) is 98.0 cm³/mol. The number of anilines is 1. The number of nitrogens with one attached hydrogen (secondary N) is 1. The van der Waals surface area contributed by atoms with E-state index in [9.17, 15) is 9.59 Å².